The molecule has 0 atom stereocenters. The number of hydrogen-bond donors (Lipinski definition) is 1. The van der Waals surface area contributed by atoms with Crippen LogP contribution in [0, 0.1) is 18.3 Å². The number of nitriles is 1. The van der Waals surface area contributed by atoms with Gasteiger partial charge in [-0.25, -0.2) is 0 Å². The number of carbonyl (C=O) groups excluding carboxylic acids is 1. The Labute approximate surface area is 208 Å². The van der Waals surface area contributed by atoms with Gasteiger partial charge in [0, 0.05) is 31.8 Å². The van der Waals surface area contributed by atoms with Crippen LogP contribution in [0.3, 0.4) is 0 Å². The van der Waals surface area contributed by atoms with Gasteiger partial charge in [0.2, 0.25) is 0 Å². The molecule has 0 saturated heterocycles. The summed E-state index contributed by atoms with van der Waals surface area (Å²) in [6.07, 6.45) is 5.12. The van der Waals surface area contributed by atoms with Crippen LogP contribution in [0.1, 0.15) is 44.0 Å². The van der Waals surface area contributed by atoms with Crippen LogP contribution in [0.2, 0.25) is 0 Å². The molecular weight excluding hydrogens is 456 g/mol. The summed E-state index contributed by atoms with van der Waals surface area (Å²) in [5, 5.41) is 16.7. The number of nitrogens with one attached hydrogen (secondary N) is 1. The second-order valence-electron chi connectivity index (χ2n) is 8.40. The Morgan fingerprint density at radius 1 is 1.11 bits per heavy atom. The van der Waals surface area contributed by atoms with Crippen LogP contribution in [-0.4, -0.2) is 32.3 Å². The summed E-state index contributed by atoms with van der Waals surface area (Å²) in [5.74, 6) is -0.316. The summed E-state index contributed by atoms with van der Waals surface area (Å²) in [7, 11) is 1.55. The second-order valence-corrected chi connectivity index (χ2v) is 8.40. The van der Waals surface area contributed by atoms with Gasteiger partial charge in [-0.15, -0.1) is 0 Å². The van der Waals surface area contributed by atoms with Gasteiger partial charge < -0.3 is 14.6 Å². The Balaban J connectivity index is 1.45. The lowest BCUT2D eigenvalue weighted by atomic mass is 10.1. The van der Waals surface area contributed by atoms with E-state index in [1.165, 1.54) is 6.07 Å². The fourth-order valence-corrected chi connectivity index (χ4v) is 3.79. The molecule has 0 aliphatic carbocycles. The first-order valence-corrected chi connectivity index (χ1v) is 11.4. The number of hydrogen-bond acceptors (Lipinski definition) is 6. The Morgan fingerprint density at radius 3 is 2.56 bits per heavy atom. The maximum absolute atomic E-state index is 12.9. The molecule has 9 heteroatoms. The van der Waals surface area contributed by atoms with E-state index in [2.05, 4.69) is 21.5 Å². The van der Waals surface area contributed by atoms with Crippen LogP contribution >= 0.6 is 0 Å². The molecule has 0 saturated carbocycles. The smallest absolute Gasteiger partial charge is 0.255 e. The van der Waals surface area contributed by atoms with E-state index >= 15 is 0 Å². The quantitative estimate of drug-likeness (QED) is 0.392. The SMILES string of the molecule is COCc1nn(Cc2ccc(Cn3ccccc3=O)cc2)cc1C(=O)NCc1ncc(C)cc1C#N. The van der Waals surface area contributed by atoms with Gasteiger partial charge in [-0.05, 0) is 35.7 Å². The number of carbonyl (C=O) groups is 1. The van der Waals surface area contributed by atoms with Crippen molar-refractivity contribution < 1.29 is 9.53 Å². The lowest BCUT2D eigenvalue weighted by molar-refractivity contribution is 0.0945. The Morgan fingerprint density at radius 2 is 1.86 bits per heavy atom. The lowest BCUT2D eigenvalue weighted by Gasteiger charge is -2.07. The van der Waals surface area contributed by atoms with Crippen molar-refractivity contribution in [3.05, 3.63) is 117 Å². The standard InChI is InChI=1S/C27H26N6O3/c1-19-11-22(12-28)24(29-13-19)14-30-27(35)23-17-33(31-25(23)18-36-2)16-21-8-6-20(7-9-21)15-32-10-4-3-5-26(32)34/h3-11,13,17H,14-16,18H2,1-2H3,(H,30,35). The third kappa shape index (κ3) is 5.92. The monoisotopic (exact) mass is 482 g/mol. The number of rotatable bonds is 9. The number of methoxy groups -OCH3 is 1. The maximum atomic E-state index is 12.9. The topological polar surface area (TPSA) is 115 Å². The van der Waals surface area contributed by atoms with Gasteiger partial charge in [-0.1, -0.05) is 30.3 Å². The molecule has 0 aliphatic heterocycles. The third-order valence-electron chi connectivity index (χ3n) is 5.63. The van der Waals surface area contributed by atoms with Gasteiger partial charge >= 0.3 is 0 Å². The minimum Gasteiger partial charge on any atom is -0.378 e. The van der Waals surface area contributed by atoms with E-state index in [-0.39, 0.29) is 24.6 Å². The van der Waals surface area contributed by atoms with Gasteiger partial charge in [0.05, 0.1) is 43.1 Å². The Bertz CT molecular complexity index is 1460. The predicted molar refractivity (Wildman–Crippen MR) is 133 cm³/mol. The molecule has 182 valence electrons. The number of benzene rings is 1. The van der Waals surface area contributed by atoms with E-state index in [1.807, 2.05) is 37.3 Å². The van der Waals surface area contributed by atoms with Crippen molar-refractivity contribution >= 4 is 5.91 Å². The Kier molecular flexibility index (Phi) is 7.68. The summed E-state index contributed by atoms with van der Waals surface area (Å²) in [6.45, 7) is 3.14. The molecule has 4 aromatic rings. The molecule has 4 rings (SSSR count). The number of nitrogens with zero attached hydrogens (tertiary/aromatic N) is 5. The van der Waals surface area contributed by atoms with Gasteiger partial charge in [-0.3, -0.25) is 19.3 Å². The third-order valence-corrected chi connectivity index (χ3v) is 5.63. The molecular formula is C27H26N6O3. The molecule has 0 bridgehead atoms. The second kappa shape index (κ2) is 11.3. The molecule has 0 aliphatic rings. The zero-order valence-corrected chi connectivity index (χ0v) is 20.1. The number of aromatic nitrogens is 4. The number of amides is 1. The molecule has 0 spiro atoms. The van der Waals surface area contributed by atoms with E-state index in [0.29, 0.717) is 35.6 Å². The zero-order chi connectivity index (χ0) is 25.5. The minimum atomic E-state index is -0.316. The summed E-state index contributed by atoms with van der Waals surface area (Å²) in [4.78, 5) is 29.1. The van der Waals surface area contributed by atoms with Crippen LogP contribution in [-0.2, 0) is 31.0 Å². The molecule has 9 nitrogen and oxygen atoms in total. The first kappa shape index (κ1) is 24.6. The highest BCUT2D eigenvalue weighted by Crippen LogP contribution is 2.13. The fourth-order valence-electron chi connectivity index (χ4n) is 3.79. The van der Waals surface area contributed by atoms with E-state index in [1.54, 1.807) is 47.1 Å². The van der Waals surface area contributed by atoms with Crippen molar-refractivity contribution in [2.75, 3.05) is 7.11 Å². The molecule has 3 heterocycles. The van der Waals surface area contributed by atoms with Crippen LogP contribution in [0.25, 0.3) is 0 Å². The average Bonchev–Trinajstić information content (AvgIpc) is 3.28. The van der Waals surface area contributed by atoms with Gasteiger partial charge in [-0.2, -0.15) is 10.4 Å². The first-order chi connectivity index (χ1) is 17.5. The van der Waals surface area contributed by atoms with E-state index < -0.39 is 0 Å². The largest absolute Gasteiger partial charge is 0.378 e. The van der Waals surface area contributed by atoms with Crippen molar-refractivity contribution in [3.8, 4) is 6.07 Å². The molecule has 36 heavy (non-hydrogen) atoms. The first-order valence-electron chi connectivity index (χ1n) is 11.4. The molecule has 1 aromatic carbocycles. The van der Waals surface area contributed by atoms with Crippen molar-refractivity contribution in [2.24, 2.45) is 0 Å². The van der Waals surface area contributed by atoms with E-state index in [0.717, 1.165) is 16.7 Å². The molecule has 0 radical (unpaired) electrons. The van der Waals surface area contributed by atoms with E-state index in [9.17, 15) is 14.9 Å². The van der Waals surface area contributed by atoms with Crippen LogP contribution in [0.5, 0.6) is 0 Å². The molecule has 1 N–H and O–H groups in total. The highest BCUT2D eigenvalue weighted by molar-refractivity contribution is 5.95. The molecule has 0 fully saturated rings. The van der Waals surface area contributed by atoms with Crippen LogP contribution < -0.4 is 10.9 Å². The summed E-state index contributed by atoms with van der Waals surface area (Å²) < 4.78 is 8.59. The lowest BCUT2D eigenvalue weighted by Crippen LogP contribution is -2.24. The predicted octanol–water partition coefficient (Wildman–Crippen LogP) is 2.79. The molecule has 1 amide bonds. The van der Waals surface area contributed by atoms with Crippen molar-refractivity contribution in [1.29, 1.82) is 5.26 Å². The van der Waals surface area contributed by atoms with Crippen LogP contribution in [0.15, 0.2) is 71.9 Å². The number of aryl methyl sites for hydroxylation is 1. The summed E-state index contributed by atoms with van der Waals surface area (Å²) in [6, 6.07) is 16.9. The van der Waals surface area contributed by atoms with E-state index in [4.69, 9.17) is 4.74 Å². The fraction of sp³-hybridized carbons (Fsp3) is 0.222. The summed E-state index contributed by atoms with van der Waals surface area (Å²) >= 11 is 0. The van der Waals surface area contributed by atoms with Crippen molar-refractivity contribution in [1.82, 2.24) is 24.6 Å². The number of ether oxygens (including phenoxy) is 1. The van der Waals surface area contributed by atoms with Gasteiger partial charge in [0.15, 0.2) is 0 Å². The molecule has 0 unspecified atom stereocenters. The normalized spacial score (nSPS) is 10.7. The average molecular weight is 483 g/mol. The Hall–Kier alpha value is -4.55. The minimum absolute atomic E-state index is 0.0448. The zero-order valence-electron chi connectivity index (χ0n) is 20.1. The van der Waals surface area contributed by atoms with Gasteiger partial charge in [0.1, 0.15) is 11.8 Å². The van der Waals surface area contributed by atoms with Crippen LogP contribution in [0.4, 0.5) is 0 Å². The van der Waals surface area contributed by atoms with Crippen molar-refractivity contribution in [2.45, 2.75) is 33.2 Å². The highest BCUT2D eigenvalue weighted by Gasteiger charge is 2.17. The van der Waals surface area contributed by atoms with Gasteiger partial charge in [0.25, 0.3) is 11.5 Å². The molecule has 3 aromatic heterocycles. The van der Waals surface area contributed by atoms with Crippen molar-refractivity contribution in [3.63, 3.8) is 0 Å². The maximum Gasteiger partial charge on any atom is 0.255 e. The summed E-state index contributed by atoms with van der Waals surface area (Å²) in [5.41, 5.74) is 4.71. The number of pyridine rings is 2. The highest BCUT2D eigenvalue weighted by atomic mass is 16.5.